The van der Waals surface area contributed by atoms with Gasteiger partial charge in [-0.15, -0.1) is 0 Å². The molecule has 0 spiro atoms. The second-order valence-corrected chi connectivity index (χ2v) is 4.90. The number of benzene rings is 1. The van der Waals surface area contributed by atoms with Gasteiger partial charge in [0.2, 0.25) is 0 Å². The smallest absolute Gasteiger partial charge is 0.253 e. The lowest BCUT2D eigenvalue weighted by atomic mass is 10.0. The summed E-state index contributed by atoms with van der Waals surface area (Å²) in [6.07, 6.45) is 0.504. The van der Waals surface area contributed by atoms with E-state index in [9.17, 15) is 18.7 Å². The lowest BCUT2D eigenvalue weighted by molar-refractivity contribution is 0.0851. The number of amides is 1. The van der Waals surface area contributed by atoms with Gasteiger partial charge in [-0.3, -0.25) is 4.79 Å². The van der Waals surface area contributed by atoms with Crippen LogP contribution in [0, 0.1) is 18.6 Å². The van der Waals surface area contributed by atoms with Gasteiger partial charge in [-0.2, -0.15) is 0 Å². The molecule has 0 aliphatic rings. The minimum Gasteiger partial charge on any atom is -0.386 e. The third kappa shape index (κ3) is 3.28. The minimum absolute atomic E-state index is 0.201. The first kappa shape index (κ1) is 15.2. The van der Waals surface area contributed by atoms with Crippen molar-refractivity contribution in [3.05, 3.63) is 58.9 Å². The number of aromatic amines is 1. The number of aryl methyl sites for hydroxylation is 1. The number of aliphatic hydroxyl groups is 1. The number of nitrogens with one attached hydrogen (secondary N) is 2. The summed E-state index contributed by atoms with van der Waals surface area (Å²) in [5.74, 6) is -2.36. The predicted molar refractivity (Wildman–Crippen MR) is 73.8 cm³/mol. The number of aromatic nitrogens is 1. The molecule has 0 radical (unpaired) electrons. The molecule has 0 saturated heterocycles. The van der Waals surface area contributed by atoms with Gasteiger partial charge in [-0.05, 0) is 37.6 Å². The fourth-order valence-electron chi connectivity index (χ4n) is 2.05. The van der Waals surface area contributed by atoms with Crippen LogP contribution in [0.1, 0.15) is 34.6 Å². The molecule has 2 aromatic rings. The number of carbonyl (C=O) groups excluding carboxylic acids is 1. The van der Waals surface area contributed by atoms with Crippen molar-refractivity contribution >= 4 is 5.91 Å². The van der Waals surface area contributed by atoms with E-state index in [-0.39, 0.29) is 11.5 Å². The molecule has 0 saturated carbocycles. The van der Waals surface area contributed by atoms with Crippen molar-refractivity contribution in [2.75, 3.05) is 0 Å². The minimum atomic E-state index is -1.14. The Bertz CT molecular complexity index is 655. The maximum Gasteiger partial charge on any atom is 0.253 e. The summed E-state index contributed by atoms with van der Waals surface area (Å²) in [6.45, 7) is 3.34. The zero-order chi connectivity index (χ0) is 15.6. The van der Waals surface area contributed by atoms with Gasteiger partial charge in [-0.1, -0.05) is 6.07 Å². The van der Waals surface area contributed by atoms with E-state index in [1.165, 1.54) is 6.07 Å². The molecule has 1 heterocycles. The zero-order valence-electron chi connectivity index (χ0n) is 11.7. The molecule has 112 valence electrons. The van der Waals surface area contributed by atoms with Gasteiger partial charge >= 0.3 is 0 Å². The van der Waals surface area contributed by atoms with Crippen molar-refractivity contribution < 1.29 is 18.7 Å². The van der Waals surface area contributed by atoms with Crippen LogP contribution in [-0.4, -0.2) is 22.0 Å². The first-order valence-electron chi connectivity index (χ1n) is 6.48. The highest BCUT2D eigenvalue weighted by atomic mass is 19.2. The molecule has 1 amide bonds. The molecular weight excluding hydrogens is 278 g/mol. The molecule has 1 aromatic heterocycles. The maximum absolute atomic E-state index is 13.2. The van der Waals surface area contributed by atoms with E-state index in [1.54, 1.807) is 26.1 Å². The quantitative estimate of drug-likeness (QED) is 0.811. The van der Waals surface area contributed by atoms with E-state index >= 15 is 0 Å². The molecule has 0 aliphatic heterocycles. The molecule has 1 aromatic carbocycles. The van der Waals surface area contributed by atoms with Crippen LogP contribution in [0.25, 0.3) is 0 Å². The summed E-state index contributed by atoms with van der Waals surface area (Å²) in [4.78, 5) is 14.9. The summed E-state index contributed by atoms with van der Waals surface area (Å²) in [5.41, 5.74) is 1.38. The molecule has 3 N–H and O–H groups in total. The first-order chi connectivity index (χ1) is 9.90. The molecule has 2 atom stereocenters. The number of halogens is 2. The second kappa shape index (κ2) is 6.05. The van der Waals surface area contributed by atoms with E-state index in [2.05, 4.69) is 10.3 Å². The highest BCUT2D eigenvalue weighted by Gasteiger charge is 2.21. The van der Waals surface area contributed by atoms with Crippen molar-refractivity contribution in [3.8, 4) is 0 Å². The van der Waals surface area contributed by atoms with E-state index in [0.717, 1.165) is 12.1 Å². The Morgan fingerprint density at radius 2 is 2.00 bits per heavy atom. The average Bonchev–Trinajstić information content (AvgIpc) is 2.87. The van der Waals surface area contributed by atoms with E-state index < -0.39 is 23.8 Å². The van der Waals surface area contributed by atoms with Crippen LogP contribution in [0.3, 0.4) is 0 Å². The van der Waals surface area contributed by atoms with E-state index in [4.69, 9.17) is 0 Å². The number of H-pyrrole nitrogens is 1. The van der Waals surface area contributed by atoms with Crippen molar-refractivity contribution in [1.82, 2.24) is 10.3 Å². The summed E-state index contributed by atoms with van der Waals surface area (Å²) in [6, 6.07) is 4.12. The van der Waals surface area contributed by atoms with Gasteiger partial charge in [-0.25, -0.2) is 8.78 Å². The standard InChI is InChI=1S/C15H16F2N2O2/c1-8-11(5-6-18-8)15(21)19-9(2)14(20)10-3-4-12(16)13(17)7-10/h3-7,9,14,18,20H,1-2H3,(H,19,21). The van der Waals surface area contributed by atoms with Crippen LogP contribution in [-0.2, 0) is 0 Å². The molecule has 0 bridgehead atoms. The van der Waals surface area contributed by atoms with E-state index in [0.29, 0.717) is 11.3 Å². The monoisotopic (exact) mass is 294 g/mol. The number of rotatable bonds is 4. The Morgan fingerprint density at radius 3 is 2.57 bits per heavy atom. The predicted octanol–water partition coefficient (Wildman–Crippen LogP) is 2.45. The highest BCUT2D eigenvalue weighted by Crippen LogP contribution is 2.19. The van der Waals surface area contributed by atoms with Crippen molar-refractivity contribution in [1.29, 1.82) is 0 Å². The fourth-order valence-corrected chi connectivity index (χ4v) is 2.05. The zero-order valence-corrected chi connectivity index (χ0v) is 11.7. The molecule has 2 rings (SSSR count). The van der Waals surface area contributed by atoms with Gasteiger partial charge in [0.1, 0.15) is 0 Å². The van der Waals surface area contributed by atoms with Gasteiger partial charge in [0.15, 0.2) is 11.6 Å². The number of hydrogen-bond acceptors (Lipinski definition) is 2. The number of hydrogen-bond donors (Lipinski definition) is 3. The summed E-state index contributed by atoms with van der Waals surface area (Å²) < 4.78 is 26.0. The first-order valence-corrected chi connectivity index (χ1v) is 6.48. The van der Waals surface area contributed by atoms with Crippen LogP contribution in [0.5, 0.6) is 0 Å². The normalized spacial score (nSPS) is 13.8. The third-order valence-electron chi connectivity index (χ3n) is 3.32. The van der Waals surface area contributed by atoms with Crippen molar-refractivity contribution in [3.63, 3.8) is 0 Å². The SMILES string of the molecule is Cc1[nH]ccc1C(=O)NC(C)C(O)c1ccc(F)c(F)c1. The average molecular weight is 294 g/mol. The molecule has 21 heavy (non-hydrogen) atoms. The largest absolute Gasteiger partial charge is 0.386 e. The van der Waals surface area contributed by atoms with Gasteiger partial charge in [0.05, 0.1) is 17.7 Å². The Balaban J connectivity index is 2.09. The Hall–Kier alpha value is -2.21. The third-order valence-corrected chi connectivity index (χ3v) is 3.32. The van der Waals surface area contributed by atoms with Crippen molar-refractivity contribution in [2.24, 2.45) is 0 Å². The van der Waals surface area contributed by atoms with Crippen molar-refractivity contribution in [2.45, 2.75) is 26.0 Å². The summed E-state index contributed by atoms with van der Waals surface area (Å²) >= 11 is 0. The molecule has 6 heteroatoms. The topological polar surface area (TPSA) is 65.1 Å². The molecule has 4 nitrogen and oxygen atoms in total. The van der Waals surface area contributed by atoms with Crippen LogP contribution >= 0.6 is 0 Å². The summed E-state index contributed by atoms with van der Waals surface area (Å²) in [5, 5.41) is 12.7. The lowest BCUT2D eigenvalue weighted by Gasteiger charge is -2.20. The van der Waals surface area contributed by atoms with Gasteiger partial charge in [0.25, 0.3) is 5.91 Å². The maximum atomic E-state index is 13.2. The lowest BCUT2D eigenvalue weighted by Crippen LogP contribution is -2.37. The van der Waals surface area contributed by atoms with Crippen LogP contribution < -0.4 is 5.32 Å². The molecular formula is C15H16F2N2O2. The molecule has 0 fully saturated rings. The highest BCUT2D eigenvalue weighted by molar-refractivity contribution is 5.95. The van der Waals surface area contributed by atoms with Crippen LogP contribution in [0.4, 0.5) is 8.78 Å². The van der Waals surface area contributed by atoms with Gasteiger partial charge in [0, 0.05) is 11.9 Å². The van der Waals surface area contributed by atoms with Gasteiger partial charge < -0.3 is 15.4 Å². The molecule has 0 aliphatic carbocycles. The summed E-state index contributed by atoms with van der Waals surface area (Å²) in [7, 11) is 0. The Morgan fingerprint density at radius 1 is 1.29 bits per heavy atom. The molecule has 2 unspecified atom stereocenters. The van der Waals surface area contributed by atoms with E-state index in [1.807, 2.05) is 0 Å². The Labute approximate surface area is 120 Å². The number of carbonyl (C=O) groups is 1. The van der Waals surface area contributed by atoms with Crippen LogP contribution in [0.2, 0.25) is 0 Å². The fraction of sp³-hybridized carbons (Fsp3) is 0.267. The second-order valence-electron chi connectivity index (χ2n) is 4.90. The Kier molecular flexibility index (Phi) is 4.37. The number of aliphatic hydroxyl groups excluding tert-OH is 1. The van der Waals surface area contributed by atoms with Crippen LogP contribution in [0.15, 0.2) is 30.5 Å².